The maximum atomic E-state index is 13.0. The molecule has 0 aromatic heterocycles. The number of hydrogen-bond acceptors (Lipinski definition) is 4. The van der Waals surface area contributed by atoms with Crippen LogP contribution in [-0.4, -0.2) is 44.2 Å². The average molecular weight is 391 g/mol. The SMILES string of the molecule is COc1ccc2cc(C(C)C(=O)N(C)CC3COc4ccccc4O3)ccc2c1. The van der Waals surface area contributed by atoms with Gasteiger partial charge in [-0.25, -0.2) is 0 Å². The fraction of sp³-hybridized carbons (Fsp3) is 0.292. The van der Waals surface area contributed by atoms with Gasteiger partial charge < -0.3 is 19.1 Å². The molecule has 5 nitrogen and oxygen atoms in total. The lowest BCUT2D eigenvalue weighted by molar-refractivity contribution is -0.132. The van der Waals surface area contributed by atoms with Crippen LogP contribution in [0.1, 0.15) is 18.4 Å². The Kier molecular flexibility index (Phi) is 5.30. The van der Waals surface area contributed by atoms with Crippen molar-refractivity contribution in [2.45, 2.75) is 18.9 Å². The molecule has 0 saturated carbocycles. The molecule has 29 heavy (non-hydrogen) atoms. The molecule has 3 aromatic rings. The number of ether oxygens (including phenoxy) is 3. The number of likely N-dealkylation sites (N-methyl/N-ethyl adjacent to an activating group) is 1. The van der Waals surface area contributed by atoms with Gasteiger partial charge in [-0.2, -0.15) is 0 Å². The number of rotatable bonds is 5. The van der Waals surface area contributed by atoms with Crippen molar-refractivity contribution in [3.8, 4) is 17.2 Å². The predicted molar refractivity (Wildman–Crippen MR) is 113 cm³/mol. The molecule has 0 N–H and O–H groups in total. The number of amides is 1. The lowest BCUT2D eigenvalue weighted by atomic mass is 9.96. The maximum Gasteiger partial charge on any atom is 0.229 e. The van der Waals surface area contributed by atoms with Crippen molar-refractivity contribution in [3.63, 3.8) is 0 Å². The van der Waals surface area contributed by atoms with Gasteiger partial charge in [0.25, 0.3) is 0 Å². The minimum atomic E-state index is -0.247. The van der Waals surface area contributed by atoms with Gasteiger partial charge in [-0.15, -0.1) is 0 Å². The van der Waals surface area contributed by atoms with Crippen LogP contribution in [0.5, 0.6) is 17.2 Å². The second-order valence-electron chi connectivity index (χ2n) is 7.41. The minimum absolute atomic E-state index is 0.0559. The van der Waals surface area contributed by atoms with Crippen molar-refractivity contribution < 1.29 is 19.0 Å². The zero-order valence-electron chi connectivity index (χ0n) is 16.9. The minimum Gasteiger partial charge on any atom is -0.497 e. The number of nitrogens with zero attached hydrogens (tertiary/aromatic N) is 1. The van der Waals surface area contributed by atoms with Crippen LogP contribution in [0.15, 0.2) is 60.7 Å². The molecule has 1 aliphatic rings. The summed E-state index contributed by atoms with van der Waals surface area (Å²) in [5.41, 5.74) is 0.991. The van der Waals surface area contributed by atoms with E-state index >= 15 is 0 Å². The highest BCUT2D eigenvalue weighted by atomic mass is 16.6. The summed E-state index contributed by atoms with van der Waals surface area (Å²) in [4.78, 5) is 14.7. The summed E-state index contributed by atoms with van der Waals surface area (Å²) < 4.78 is 17.0. The Bertz CT molecular complexity index is 1030. The van der Waals surface area contributed by atoms with E-state index in [2.05, 4.69) is 6.07 Å². The first-order valence-corrected chi connectivity index (χ1v) is 9.76. The molecule has 0 saturated heterocycles. The Morgan fingerprint density at radius 1 is 1.10 bits per heavy atom. The summed E-state index contributed by atoms with van der Waals surface area (Å²) in [6.07, 6.45) is -0.185. The Morgan fingerprint density at radius 2 is 1.83 bits per heavy atom. The van der Waals surface area contributed by atoms with E-state index in [4.69, 9.17) is 14.2 Å². The Labute approximate surface area is 170 Å². The van der Waals surface area contributed by atoms with Crippen LogP contribution in [0.3, 0.4) is 0 Å². The van der Waals surface area contributed by atoms with Crippen LogP contribution >= 0.6 is 0 Å². The molecule has 0 spiro atoms. The normalized spacial score (nSPS) is 16.3. The van der Waals surface area contributed by atoms with E-state index in [9.17, 15) is 4.79 Å². The van der Waals surface area contributed by atoms with E-state index in [0.717, 1.165) is 33.6 Å². The molecular formula is C24H25NO4. The maximum absolute atomic E-state index is 13.0. The van der Waals surface area contributed by atoms with Gasteiger partial charge in [-0.3, -0.25) is 4.79 Å². The molecular weight excluding hydrogens is 366 g/mol. The third kappa shape index (κ3) is 3.99. The Morgan fingerprint density at radius 3 is 2.62 bits per heavy atom. The highest BCUT2D eigenvalue weighted by Gasteiger charge is 2.26. The van der Waals surface area contributed by atoms with Crippen LogP contribution < -0.4 is 14.2 Å². The van der Waals surface area contributed by atoms with Gasteiger partial charge in [0.05, 0.1) is 19.6 Å². The van der Waals surface area contributed by atoms with Gasteiger partial charge >= 0.3 is 0 Å². The third-order valence-corrected chi connectivity index (χ3v) is 5.36. The van der Waals surface area contributed by atoms with Gasteiger partial charge in [-0.1, -0.05) is 36.4 Å². The van der Waals surface area contributed by atoms with Gasteiger partial charge in [0.1, 0.15) is 12.4 Å². The van der Waals surface area contributed by atoms with Gasteiger partial charge in [0.2, 0.25) is 5.91 Å². The van der Waals surface area contributed by atoms with Gasteiger partial charge in [0, 0.05) is 7.05 Å². The molecule has 150 valence electrons. The number of carbonyl (C=O) groups is 1. The Hall–Kier alpha value is -3.21. The zero-order chi connectivity index (χ0) is 20.4. The second kappa shape index (κ2) is 8.03. The van der Waals surface area contributed by atoms with Crippen LogP contribution in [0.25, 0.3) is 10.8 Å². The topological polar surface area (TPSA) is 48.0 Å². The van der Waals surface area contributed by atoms with Crippen molar-refractivity contribution in [3.05, 3.63) is 66.2 Å². The molecule has 2 atom stereocenters. The molecule has 4 rings (SSSR count). The molecule has 3 aromatic carbocycles. The molecule has 0 fully saturated rings. The van der Waals surface area contributed by atoms with Crippen LogP contribution in [0.4, 0.5) is 0 Å². The molecule has 0 radical (unpaired) electrons. The third-order valence-electron chi connectivity index (χ3n) is 5.36. The summed E-state index contributed by atoms with van der Waals surface area (Å²) in [7, 11) is 3.47. The van der Waals surface area contributed by atoms with Crippen LogP contribution in [0, 0.1) is 0 Å². The molecule has 5 heteroatoms. The smallest absolute Gasteiger partial charge is 0.229 e. The largest absolute Gasteiger partial charge is 0.497 e. The molecule has 0 aliphatic carbocycles. The number of methoxy groups -OCH3 is 1. The summed E-state index contributed by atoms with van der Waals surface area (Å²) in [5, 5.41) is 2.18. The van der Waals surface area contributed by atoms with E-state index in [-0.39, 0.29) is 17.9 Å². The molecule has 1 heterocycles. The van der Waals surface area contributed by atoms with E-state index < -0.39 is 0 Å². The number of carbonyl (C=O) groups excluding carboxylic acids is 1. The first-order valence-electron chi connectivity index (χ1n) is 9.76. The molecule has 0 bridgehead atoms. The molecule has 2 unspecified atom stereocenters. The number of hydrogen-bond donors (Lipinski definition) is 0. The van der Waals surface area contributed by atoms with Crippen molar-refractivity contribution in [2.24, 2.45) is 0 Å². The van der Waals surface area contributed by atoms with Gasteiger partial charge in [-0.05, 0) is 47.5 Å². The number of para-hydroxylation sites is 2. The van der Waals surface area contributed by atoms with E-state index in [0.29, 0.717) is 13.2 Å². The monoisotopic (exact) mass is 391 g/mol. The molecule has 1 aliphatic heterocycles. The summed E-state index contributed by atoms with van der Waals surface area (Å²) in [6, 6.07) is 19.7. The number of benzene rings is 3. The Balaban J connectivity index is 1.44. The van der Waals surface area contributed by atoms with Gasteiger partial charge in [0.15, 0.2) is 17.6 Å². The molecule has 1 amide bonds. The van der Waals surface area contributed by atoms with Crippen molar-refractivity contribution in [1.29, 1.82) is 0 Å². The van der Waals surface area contributed by atoms with Crippen molar-refractivity contribution >= 4 is 16.7 Å². The average Bonchev–Trinajstić information content (AvgIpc) is 2.77. The second-order valence-corrected chi connectivity index (χ2v) is 7.41. The fourth-order valence-corrected chi connectivity index (χ4v) is 3.66. The van der Waals surface area contributed by atoms with Crippen molar-refractivity contribution in [1.82, 2.24) is 4.90 Å². The number of fused-ring (bicyclic) bond motifs is 2. The highest BCUT2D eigenvalue weighted by Crippen LogP contribution is 2.31. The van der Waals surface area contributed by atoms with Crippen LogP contribution in [-0.2, 0) is 4.79 Å². The standard InChI is InChI=1S/C24H25NO4/c1-16(17-8-9-19-13-20(27-3)11-10-18(19)12-17)24(26)25(2)14-21-15-28-22-6-4-5-7-23(22)29-21/h4-13,16,21H,14-15H2,1-3H3. The summed E-state index contributed by atoms with van der Waals surface area (Å²) >= 11 is 0. The first kappa shape index (κ1) is 19.1. The zero-order valence-corrected chi connectivity index (χ0v) is 16.9. The lowest BCUT2D eigenvalue weighted by Gasteiger charge is -2.30. The van der Waals surface area contributed by atoms with E-state index in [1.165, 1.54) is 0 Å². The van der Waals surface area contributed by atoms with E-state index in [1.807, 2.05) is 68.6 Å². The fourth-order valence-electron chi connectivity index (χ4n) is 3.66. The quantitative estimate of drug-likeness (QED) is 0.652. The predicted octanol–water partition coefficient (Wildman–Crippen LogP) is 4.25. The van der Waals surface area contributed by atoms with Crippen molar-refractivity contribution in [2.75, 3.05) is 27.3 Å². The highest BCUT2D eigenvalue weighted by molar-refractivity contribution is 5.88. The summed E-state index contributed by atoms with van der Waals surface area (Å²) in [5.74, 6) is 2.11. The van der Waals surface area contributed by atoms with Crippen LogP contribution in [0.2, 0.25) is 0 Å². The first-order chi connectivity index (χ1) is 14.0. The van der Waals surface area contributed by atoms with E-state index in [1.54, 1.807) is 12.0 Å². The lowest BCUT2D eigenvalue weighted by Crippen LogP contribution is -2.43. The summed E-state index contributed by atoms with van der Waals surface area (Å²) in [6.45, 7) is 2.85.